The van der Waals surface area contributed by atoms with E-state index in [0.717, 1.165) is 16.3 Å². The van der Waals surface area contributed by atoms with Crippen LogP contribution in [0.4, 0.5) is 4.79 Å². The minimum absolute atomic E-state index is 0.116. The molecule has 0 saturated carbocycles. The first-order chi connectivity index (χ1) is 13.4. The zero-order valence-corrected chi connectivity index (χ0v) is 17.4. The number of carbonyl (C=O) groups excluding carboxylic acids is 2. The van der Waals surface area contributed by atoms with Gasteiger partial charge in [-0.2, -0.15) is 0 Å². The van der Waals surface area contributed by atoms with Crippen molar-refractivity contribution in [1.29, 1.82) is 0 Å². The second kappa shape index (κ2) is 8.51. The number of carbonyl (C=O) groups is 3. The van der Waals surface area contributed by atoms with Gasteiger partial charge in [0.05, 0.1) is 0 Å². The molecule has 0 radical (unpaired) electrons. The summed E-state index contributed by atoms with van der Waals surface area (Å²) in [5.41, 5.74) is -1.25. The maximum Gasteiger partial charge on any atom is 0.408 e. The molecule has 1 atom stereocenters. The number of aliphatic carboxylic acids is 1. The molecule has 3 N–H and O–H groups in total. The Bertz CT molecular complexity index is 910. The molecule has 2 rings (SSSR count). The number of benzene rings is 2. The number of amides is 2. The van der Waals surface area contributed by atoms with E-state index in [4.69, 9.17) is 4.74 Å². The predicted molar refractivity (Wildman–Crippen MR) is 111 cm³/mol. The Morgan fingerprint density at radius 3 is 2.24 bits per heavy atom. The molecule has 0 aromatic heterocycles. The van der Waals surface area contributed by atoms with Crippen molar-refractivity contribution in [3.63, 3.8) is 0 Å². The molecule has 2 aromatic carbocycles. The van der Waals surface area contributed by atoms with Crippen LogP contribution in [0, 0.1) is 0 Å². The van der Waals surface area contributed by atoms with Crippen LogP contribution in [0.5, 0.6) is 0 Å². The smallest absolute Gasteiger partial charge is 0.408 e. The lowest BCUT2D eigenvalue weighted by molar-refractivity contribution is -0.142. The fraction of sp³-hybridized carbons (Fsp3) is 0.409. The summed E-state index contributed by atoms with van der Waals surface area (Å²) < 4.78 is 5.17. The molecule has 29 heavy (non-hydrogen) atoms. The Labute approximate surface area is 170 Å². The summed E-state index contributed by atoms with van der Waals surface area (Å²) in [5, 5.41) is 16.6. The highest BCUT2D eigenvalue weighted by atomic mass is 16.6. The van der Waals surface area contributed by atoms with E-state index in [2.05, 4.69) is 10.6 Å². The number of hydrogen-bond donors (Lipinski definition) is 3. The van der Waals surface area contributed by atoms with Crippen LogP contribution in [0.2, 0.25) is 0 Å². The summed E-state index contributed by atoms with van der Waals surface area (Å²) in [7, 11) is 0. The topological polar surface area (TPSA) is 105 Å². The Kier molecular flexibility index (Phi) is 6.51. The lowest BCUT2D eigenvalue weighted by Gasteiger charge is -2.29. The Balaban J connectivity index is 2.14. The lowest BCUT2D eigenvalue weighted by Crippen LogP contribution is -2.58. The molecule has 2 amide bonds. The largest absolute Gasteiger partial charge is 0.480 e. The van der Waals surface area contributed by atoms with Crippen molar-refractivity contribution in [3.8, 4) is 0 Å². The molecule has 0 fully saturated rings. The monoisotopic (exact) mass is 400 g/mol. The first kappa shape index (κ1) is 22.2. The van der Waals surface area contributed by atoms with Gasteiger partial charge in [-0.1, -0.05) is 42.5 Å². The van der Waals surface area contributed by atoms with Crippen molar-refractivity contribution in [3.05, 3.63) is 48.0 Å². The number of rotatable bonds is 6. The molecule has 0 heterocycles. The van der Waals surface area contributed by atoms with Gasteiger partial charge in [-0.15, -0.1) is 0 Å². The van der Waals surface area contributed by atoms with Gasteiger partial charge < -0.3 is 20.5 Å². The van der Waals surface area contributed by atoms with Gasteiger partial charge in [-0.3, -0.25) is 4.79 Å². The maximum atomic E-state index is 12.7. The van der Waals surface area contributed by atoms with Gasteiger partial charge in [0, 0.05) is 6.42 Å². The van der Waals surface area contributed by atoms with Gasteiger partial charge >= 0.3 is 12.1 Å². The van der Waals surface area contributed by atoms with Gasteiger partial charge in [-0.05, 0) is 51.0 Å². The number of carboxylic acid groups (broad SMARTS) is 1. The molecule has 7 nitrogen and oxygen atoms in total. The molecular weight excluding hydrogens is 372 g/mol. The van der Waals surface area contributed by atoms with Gasteiger partial charge in [0.1, 0.15) is 17.2 Å². The van der Waals surface area contributed by atoms with Gasteiger partial charge in [0.15, 0.2) is 0 Å². The summed E-state index contributed by atoms with van der Waals surface area (Å²) in [6.45, 7) is 8.12. The third-order valence-electron chi connectivity index (χ3n) is 4.29. The van der Waals surface area contributed by atoms with Crippen molar-refractivity contribution in [1.82, 2.24) is 10.6 Å². The summed E-state index contributed by atoms with van der Waals surface area (Å²) in [6, 6.07) is 12.2. The van der Waals surface area contributed by atoms with Crippen molar-refractivity contribution >= 4 is 28.7 Å². The number of hydrogen-bond acceptors (Lipinski definition) is 4. The van der Waals surface area contributed by atoms with Crippen molar-refractivity contribution in [2.45, 2.75) is 58.2 Å². The first-order valence-electron chi connectivity index (χ1n) is 9.40. The maximum absolute atomic E-state index is 12.7. The number of fused-ring (bicyclic) bond motifs is 1. The minimum Gasteiger partial charge on any atom is -0.480 e. The lowest BCUT2D eigenvalue weighted by atomic mass is 9.97. The second-order valence-electron chi connectivity index (χ2n) is 8.46. The van der Waals surface area contributed by atoms with E-state index < -0.39 is 35.2 Å². The van der Waals surface area contributed by atoms with E-state index in [1.165, 1.54) is 13.8 Å². The molecular formula is C22H28N2O5. The Morgan fingerprint density at radius 1 is 1.00 bits per heavy atom. The fourth-order valence-electron chi connectivity index (χ4n) is 2.84. The molecule has 0 spiro atoms. The molecule has 7 heteroatoms. The molecule has 0 saturated heterocycles. The molecule has 0 unspecified atom stereocenters. The number of nitrogens with one attached hydrogen (secondary N) is 2. The van der Waals surface area contributed by atoms with Gasteiger partial charge in [-0.25, -0.2) is 9.59 Å². The van der Waals surface area contributed by atoms with Crippen molar-refractivity contribution in [2.24, 2.45) is 0 Å². The van der Waals surface area contributed by atoms with Crippen LogP contribution in [-0.4, -0.2) is 40.3 Å². The highest BCUT2D eigenvalue weighted by Gasteiger charge is 2.34. The summed E-state index contributed by atoms with van der Waals surface area (Å²) in [4.78, 5) is 36.5. The normalized spacial score (nSPS) is 12.9. The zero-order chi connectivity index (χ0) is 21.8. The van der Waals surface area contributed by atoms with E-state index in [1.807, 2.05) is 42.5 Å². The molecule has 156 valence electrons. The van der Waals surface area contributed by atoms with E-state index in [1.54, 1.807) is 20.8 Å². The Morgan fingerprint density at radius 2 is 1.62 bits per heavy atom. The summed E-state index contributed by atoms with van der Waals surface area (Å²) >= 11 is 0. The minimum atomic E-state index is -1.35. The molecule has 0 aliphatic rings. The van der Waals surface area contributed by atoms with Crippen LogP contribution >= 0.6 is 0 Å². The van der Waals surface area contributed by atoms with Gasteiger partial charge in [0.25, 0.3) is 0 Å². The molecule has 0 bridgehead atoms. The van der Waals surface area contributed by atoms with Crippen LogP contribution in [0.15, 0.2) is 42.5 Å². The molecule has 2 aromatic rings. The zero-order valence-electron chi connectivity index (χ0n) is 17.4. The number of ether oxygens (including phenoxy) is 1. The SMILES string of the molecule is CC(C)(C)OC(=O)NC(C)(C)C(=O)N[C@H](Cc1cccc2ccccc12)C(=O)O. The van der Waals surface area contributed by atoms with Crippen molar-refractivity contribution < 1.29 is 24.2 Å². The van der Waals surface area contributed by atoms with Crippen LogP contribution in [0.25, 0.3) is 10.8 Å². The average Bonchev–Trinajstić information content (AvgIpc) is 2.59. The van der Waals surface area contributed by atoms with E-state index in [9.17, 15) is 19.5 Å². The number of carboxylic acids is 1. The fourth-order valence-corrected chi connectivity index (χ4v) is 2.84. The quantitative estimate of drug-likeness (QED) is 0.690. The average molecular weight is 400 g/mol. The van der Waals surface area contributed by atoms with Crippen molar-refractivity contribution in [2.75, 3.05) is 0 Å². The third-order valence-corrected chi connectivity index (χ3v) is 4.29. The van der Waals surface area contributed by atoms with Crippen LogP contribution in [0.3, 0.4) is 0 Å². The first-order valence-corrected chi connectivity index (χ1v) is 9.40. The predicted octanol–water partition coefficient (Wildman–Crippen LogP) is 3.26. The molecule has 0 aliphatic carbocycles. The Hall–Kier alpha value is -3.09. The number of alkyl carbamates (subject to hydrolysis) is 1. The van der Waals surface area contributed by atoms with E-state index in [0.29, 0.717) is 0 Å². The van der Waals surface area contributed by atoms with E-state index >= 15 is 0 Å². The molecule has 0 aliphatic heterocycles. The summed E-state index contributed by atoms with van der Waals surface area (Å²) in [6.07, 6.45) is -0.635. The summed E-state index contributed by atoms with van der Waals surface area (Å²) in [5.74, 6) is -1.77. The highest BCUT2D eigenvalue weighted by Crippen LogP contribution is 2.20. The van der Waals surface area contributed by atoms with Crippen LogP contribution in [0.1, 0.15) is 40.2 Å². The highest BCUT2D eigenvalue weighted by molar-refractivity contribution is 5.92. The van der Waals surface area contributed by atoms with Gasteiger partial charge in [0.2, 0.25) is 5.91 Å². The van der Waals surface area contributed by atoms with Crippen LogP contribution < -0.4 is 10.6 Å². The standard InChI is InChI=1S/C22H28N2O5/c1-21(2,3)29-20(28)24-22(4,5)19(27)23-17(18(25)26)13-15-11-8-10-14-9-6-7-12-16(14)15/h6-12,17H,13H2,1-5H3,(H,23,27)(H,24,28)(H,25,26)/t17-/m1/s1. The van der Waals surface area contributed by atoms with E-state index in [-0.39, 0.29) is 6.42 Å². The second-order valence-corrected chi connectivity index (χ2v) is 8.46. The third kappa shape index (κ3) is 6.20. The van der Waals surface area contributed by atoms with Crippen LogP contribution in [-0.2, 0) is 20.7 Å².